The van der Waals surface area contributed by atoms with Gasteiger partial charge >= 0.3 is 0 Å². The number of pyridine rings is 1. The number of hydrogen-bond acceptors (Lipinski definition) is 3. The zero-order valence-electron chi connectivity index (χ0n) is 10.4. The summed E-state index contributed by atoms with van der Waals surface area (Å²) >= 11 is 0. The third-order valence-corrected chi connectivity index (χ3v) is 3.39. The van der Waals surface area contributed by atoms with E-state index in [2.05, 4.69) is 22.9 Å². The monoisotopic (exact) mass is 229 g/mol. The van der Waals surface area contributed by atoms with Crippen LogP contribution < -0.4 is 4.90 Å². The number of hydrogen-bond donors (Lipinski definition) is 0. The molecule has 1 aromatic heterocycles. The first-order valence-electron chi connectivity index (χ1n) is 6.49. The van der Waals surface area contributed by atoms with E-state index in [1.807, 2.05) is 12.1 Å². The van der Waals surface area contributed by atoms with Crippen LogP contribution in [0.25, 0.3) is 0 Å². The minimum Gasteiger partial charge on any atom is -0.354 e. The van der Waals surface area contributed by atoms with Gasteiger partial charge in [0.15, 0.2) is 0 Å². The summed E-state index contributed by atoms with van der Waals surface area (Å²) in [5, 5.41) is 8.90. The topological polar surface area (TPSA) is 39.9 Å². The average molecular weight is 229 g/mol. The highest BCUT2D eigenvalue weighted by Crippen LogP contribution is 2.25. The Kier molecular flexibility index (Phi) is 3.98. The molecule has 0 amide bonds. The molecular formula is C14H19N3. The highest BCUT2D eigenvalue weighted by atomic mass is 15.2. The first-order chi connectivity index (χ1) is 8.35. The van der Waals surface area contributed by atoms with Gasteiger partial charge in [-0.1, -0.05) is 19.4 Å². The maximum atomic E-state index is 8.90. The fourth-order valence-electron chi connectivity index (χ4n) is 2.58. The normalized spacial score (nSPS) is 20.0. The molecule has 2 heterocycles. The Labute approximate surface area is 103 Å². The van der Waals surface area contributed by atoms with Crippen LogP contribution in [0.5, 0.6) is 0 Å². The lowest BCUT2D eigenvalue weighted by Gasteiger charge is -2.36. The Hall–Kier alpha value is -1.56. The summed E-state index contributed by atoms with van der Waals surface area (Å²) in [7, 11) is 0. The molecule has 1 aromatic rings. The van der Waals surface area contributed by atoms with Crippen molar-refractivity contribution >= 4 is 5.82 Å². The summed E-state index contributed by atoms with van der Waals surface area (Å²) in [4.78, 5) is 6.79. The Balaban J connectivity index is 2.20. The van der Waals surface area contributed by atoms with Crippen LogP contribution in [-0.4, -0.2) is 17.6 Å². The fraction of sp³-hybridized carbons (Fsp3) is 0.571. The predicted molar refractivity (Wildman–Crippen MR) is 68.8 cm³/mol. The fourth-order valence-corrected chi connectivity index (χ4v) is 2.58. The molecule has 90 valence electrons. The molecule has 3 heteroatoms. The third kappa shape index (κ3) is 2.76. The largest absolute Gasteiger partial charge is 0.354 e. The lowest BCUT2D eigenvalue weighted by atomic mass is 9.98. The first-order valence-corrected chi connectivity index (χ1v) is 6.49. The first kappa shape index (κ1) is 11.9. The maximum Gasteiger partial charge on any atom is 0.142 e. The van der Waals surface area contributed by atoms with Gasteiger partial charge in [0.05, 0.1) is 0 Å². The quantitative estimate of drug-likeness (QED) is 0.799. The van der Waals surface area contributed by atoms with E-state index in [4.69, 9.17) is 5.26 Å². The minimum atomic E-state index is 0.517. The van der Waals surface area contributed by atoms with Crippen molar-refractivity contribution in [2.75, 3.05) is 11.4 Å². The third-order valence-electron chi connectivity index (χ3n) is 3.39. The Morgan fingerprint density at radius 1 is 1.47 bits per heavy atom. The summed E-state index contributed by atoms with van der Waals surface area (Å²) < 4.78 is 0. The molecule has 1 fully saturated rings. The second-order valence-corrected chi connectivity index (χ2v) is 4.62. The molecule has 1 saturated heterocycles. The molecule has 2 rings (SSSR count). The van der Waals surface area contributed by atoms with Crippen LogP contribution in [0.1, 0.15) is 44.7 Å². The van der Waals surface area contributed by atoms with Crippen LogP contribution in [-0.2, 0) is 0 Å². The SMILES string of the molecule is CCCC1CCCCN1c1cccc(C#N)n1. The van der Waals surface area contributed by atoms with E-state index in [1.165, 1.54) is 32.1 Å². The van der Waals surface area contributed by atoms with Gasteiger partial charge in [0.25, 0.3) is 0 Å². The summed E-state index contributed by atoms with van der Waals surface area (Å²) in [5.74, 6) is 0.974. The molecule has 0 saturated carbocycles. The lowest BCUT2D eigenvalue weighted by molar-refractivity contribution is 0.432. The number of rotatable bonds is 3. The number of nitriles is 1. The van der Waals surface area contributed by atoms with Crippen LogP contribution in [0, 0.1) is 11.3 Å². The van der Waals surface area contributed by atoms with Gasteiger partial charge in [0, 0.05) is 12.6 Å². The van der Waals surface area contributed by atoms with Crippen LogP contribution >= 0.6 is 0 Å². The van der Waals surface area contributed by atoms with Crippen molar-refractivity contribution in [2.24, 2.45) is 0 Å². The van der Waals surface area contributed by atoms with Gasteiger partial charge < -0.3 is 4.90 Å². The van der Waals surface area contributed by atoms with Crippen molar-refractivity contribution in [3.63, 3.8) is 0 Å². The molecule has 0 aliphatic carbocycles. The molecule has 0 bridgehead atoms. The number of nitrogens with zero attached hydrogens (tertiary/aromatic N) is 3. The van der Waals surface area contributed by atoms with E-state index in [-0.39, 0.29) is 0 Å². The van der Waals surface area contributed by atoms with Gasteiger partial charge in [-0.2, -0.15) is 5.26 Å². The zero-order valence-corrected chi connectivity index (χ0v) is 10.4. The predicted octanol–water partition coefficient (Wildman–Crippen LogP) is 3.11. The maximum absolute atomic E-state index is 8.90. The standard InChI is InChI=1S/C14H19N3/c1-2-6-13-8-3-4-10-17(13)14-9-5-7-12(11-15)16-14/h5,7,9,13H,2-4,6,8,10H2,1H3. The zero-order chi connectivity index (χ0) is 12.1. The molecule has 1 aliphatic rings. The van der Waals surface area contributed by atoms with Gasteiger partial charge in [-0.3, -0.25) is 0 Å². The molecule has 0 radical (unpaired) electrons. The van der Waals surface area contributed by atoms with Crippen molar-refractivity contribution in [3.05, 3.63) is 23.9 Å². The highest BCUT2D eigenvalue weighted by molar-refractivity contribution is 5.43. The van der Waals surface area contributed by atoms with E-state index >= 15 is 0 Å². The van der Waals surface area contributed by atoms with Crippen LogP contribution in [0.4, 0.5) is 5.82 Å². The average Bonchev–Trinajstić information content (AvgIpc) is 2.40. The lowest BCUT2D eigenvalue weighted by Crippen LogP contribution is -2.40. The molecule has 17 heavy (non-hydrogen) atoms. The van der Waals surface area contributed by atoms with Crippen molar-refractivity contribution in [2.45, 2.75) is 45.1 Å². The summed E-state index contributed by atoms with van der Waals surface area (Å²) in [6.45, 7) is 3.30. The van der Waals surface area contributed by atoms with Gasteiger partial charge in [0.2, 0.25) is 0 Å². The highest BCUT2D eigenvalue weighted by Gasteiger charge is 2.22. The Morgan fingerprint density at radius 2 is 2.35 bits per heavy atom. The molecule has 1 aliphatic heterocycles. The second kappa shape index (κ2) is 5.67. The number of aromatic nitrogens is 1. The summed E-state index contributed by atoms with van der Waals surface area (Å²) in [6.07, 6.45) is 6.24. The van der Waals surface area contributed by atoms with Crippen LogP contribution in [0.15, 0.2) is 18.2 Å². The van der Waals surface area contributed by atoms with Gasteiger partial charge in [-0.15, -0.1) is 0 Å². The molecule has 1 atom stereocenters. The van der Waals surface area contributed by atoms with Crippen molar-refractivity contribution in [3.8, 4) is 6.07 Å². The summed E-state index contributed by atoms with van der Waals surface area (Å²) in [5.41, 5.74) is 0.517. The molecule has 3 nitrogen and oxygen atoms in total. The van der Waals surface area contributed by atoms with Gasteiger partial charge in [0.1, 0.15) is 17.6 Å². The van der Waals surface area contributed by atoms with E-state index in [0.717, 1.165) is 12.4 Å². The van der Waals surface area contributed by atoms with E-state index in [9.17, 15) is 0 Å². The minimum absolute atomic E-state index is 0.517. The van der Waals surface area contributed by atoms with E-state index in [0.29, 0.717) is 11.7 Å². The molecule has 1 unspecified atom stereocenters. The summed E-state index contributed by atoms with van der Waals surface area (Å²) in [6, 6.07) is 8.44. The smallest absolute Gasteiger partial charge is 0.142 e. The Bertz CT molecular complexity index is 406. The van der Waals surface area contributed by atoms with Crippen LogP contribution in [0.3, 0.4) is 0 Å². The van der Waals surface area contributed by atoms with Crippen molar-refractivity contribution in [1.82, 2.24) is 4.98 Å². The van der Waals surface area contributed by atoms with Crippen LogP contribution in [0.2, 0.25) is 0 Å². The Morgan fingerprint density at radius 3 is 3.12 bits per heavy atom. The second-order valence-electron chi connectivity index (χ2n) is 4.62. The van der Waals surface area contributed by atoms with Crippen molar-refractivity contribution < 1.29 is 0 Å². The van der Waals surface area contributed by atoms with Gasteiger partial charge in [-0.25, -0.2) is 4.98 Å². The van der Waals surface area contributed by atoms with E-state index < -0.39 is 0 Å². The number of piperidine rings is 1. The van der Waals surface area contributed by atoms with Gasteiger partial charge in [-0.05, 0) is 37.8 Å². The van der Waals surface area contributed by atoms with Crippen molar-refractivity contribution in [1.29, 1.82) is 5.26 Å². The molecule has 0 N–H and O–H groups in total. The van der Waals surface area contributed by atoms with E-state index in [1.54, 1.807) is 6.07 Å². The molecule has 0 spiro atoms. The number of anilines is 1. The molecule has 0 aromatic carbocycles. The molecular weight excluding hydrogens is 210 g/mol.